The maximum absolute atomic E-state index is 14.2. The Morgan fingerprint density at radius 2 is 1.79 bits per heavy atom. The van der Waals surface area contributed by atoms with Gasteiger partial charge in [-0.1, -0.05) is 42.5 Å². The molecule has 0 bridgehead atoms. The molecule has 0 spiro atoms. The van der Waals surface area contributed by atoms with Crippen LogP contribution in [0, 0.1) is 0 Å². The van der Waals surface area contributed by atoms with Crippen molar-refractivity contribution in [1.29, 1.82) is 0 Å². The molecular weight excluding hydrogens is 639 g/mol. The summed E-state index contributed by atoms with van der Waals surface area (Å²) >= 11 is 1.61. The van der Waals surface area contributed by atoms with E-state index >= 15 is 0 Å². The minimum atomic E-state index is -4.75. The Morgan fingerprint density at radius 1 is 1.06 bits per heavy atom. The summed E-state index contributed by atoms with van der Waals surface area (Å²) < 4.78 is 60.0. The van der Waals surface area contributed by atoms with Crippen LogP contribution in [0.5, 0.6) is 5.75 Å². The van der Waals surface area contributed by atoms with E-state index < -0.39 is 60.6 Å². The fourth-order valence-corrected chi connectivity index (χ4v) is 7.01. The maximum Gasteiger partial charge on any atom is 0.410 e. The van der Waals surface area contributed by atoms with Gasteiger partial charge in [-0.25, -0.2) is 4.79 Å². The monoisotopic (exact) mass is 673 g/mol. The molecule has 250 valence electrons. The molecule has 2 amide bonds. The van der Waals surface area contributed by atoms with Gasteiger partial charge >= 0.3 is 12.3 Å². The highest BCUT2D eigenvalue weighted by molar-refractivity contribution is 7.98. The van der Waals surface area contributed by atoms with Crippen LogP contribution in [-0.2, 0) is 15.2 Å². The predicted octanol–water partition coefficient (Wildman–Crippen LogP) is 3.94. The lowest BCUT2D eigenvalue weighted by Gasteiger charge is -2.46. The number of thioether (sulfide) groups is 1. The van der Waals surface area contributed by atoms with E-state index in [1.54, 1.807) is 16.8 Å². The van der Waals surface area contributed by atoms with Crippen LogP contribution in [0.25, 0.3) is 0 Å². The number of fused-ring (bicyclic) bond motifs is 3. The number of nitrogens with one attached hydrogen (secondary N) is 1. The molecule has 2 aromatic carbocycles. The molecule has 0 aliphatic carbocycles. The van der Waals surface area contributed by atoms with Gasteiger partial charge in [0.15, 0.2) is 5.69 Å². The van der Waals surface area contributed by atoms with Crippen LogP contribution < -0.4 is 20.5 Å². The smallest absolute Gasteiger partial charge is 0.410 e. The van der Waals surface area contributed by atoms with E-state index in [4.69, 9.17) is 14.2 Å². The highest BCUT2D eigenvalue weighted by Gasteiger charge is 2.48. The number of alkyl carbamates (subject to hydrolysis) is 1. The average Bonchev–Trinajstić information content (AvgIpc) is 3.23. The molecule has 2 atom stereocenters. The van der Waals surface area contributed by atoms with Crippen molar-refractivity contribution in [3.05, 3.63) is 93.4 Å². The first-order valence-electron chi connectivity index (χ1n) is 15.2. The van der Waals surface area contributed by atoms with Crippen molar-refractivity contribution in [2.75, 3.05) is 57.9 Å². The van der Waals surface area contributed by atoms with E-state index in [2.05, 4.69) is 10.2 Å². The number of benzene rings is 2. The van der Waals surface area contributed by atoms with Crippen LogP contribution in [0.4, 0.5) is 18.0 Å². The number of carbonyl (C=O) groups is 2. The fourth-order valence-electron chi connectivity index (χ4n) is 5.91. The van der Waals surface area contributed by atoms with Gasteiger partial charge in [-0.2, -0.15) is 13.2 Å². The second-order valence-corrected chi connectivity index (χ2v) is 12.3. The molecule has 11 nitrogen and oxygen atoms in total. The van der Waals surface area contributed by atoms with E-state index in [0.717, 1.165) is 41.6 Å². The van der Waals surface area contributed by atoms with Gasteiger partial charge in [0, 0.05) is 49.1 Å². The topological polar surface area (TPSA) is 106 Å². The summed E-state index contributed by atoms with van der Waals surface area (Å²) in [5.74, 6) is -0.929. The molecule has 47 heavy (non-hydrogen) atoms. The van der Waals surface area contributed by atoms with Gasteiger partial charge in [0.1, 0.15) is 12.7 Å². The summed E-state index contributed by atoms with van der Waals surface area (Å²) in [6.07, 6.45) is -4.20. The number of rotatable bonds is 8. The lowest BCUT2D eigenvalue weighted by molar-refractivity contribution is -0.173. The third kappa shape index (κ3) is 6.92. The Kier molecular flexibility index (Phi) is 9.66. The highest BCUT2D eigenvalue weighted by atomic mass is 32.2. The van der Waals surface area contributed by atoms with E-state index in [-0.39, 0.29) is 0 Å². The molecule has 1 fully saturated rings. The number of pyridine rings is 1. The number of ether oxygens (including phenoxy) is 3. The summed E-state index contributed by atoms with van der Waals surface area (Å²) in [5.41, 5.74) is 1.52. The van der Waals surface area contributed by atoms with Crippen LogP contribution in [0.1, 0.15) is 40.1 Å². The van der Waals surface area contributed by atoms with Gasteiger partial charge in [0.2, 0.25) is 18.0 Å². The molecule has 1 N–H and O–H groups in total. The Morgan fingerprint density at radius 3 is 2.55 bits per heavy atom. The minimum absolute atomic E-state index is 0.294. The molecule has 0 saturated carbocycles. The molecule has 3 aromatic rings. The second kappa shape index (κ2) is 13.9. The molecule has 3 aliphatic rings. The largest absolute Gasteiger partial charge is 0.451 e. The summed E-state index contributed by atoms with van der Waals surface area (Å²) in [6, 6.07) is 13.6. The number of hydrogen-bond acceptors (Lipinski definition) is 9. The van der Waals surface area contributed by atoms with Crippen molar-refractivity contribution in [2.24, 2.45) is 0 Å². The number of hydrogen-bond donors (Lipinski definition) is 1. The molecule has 6 rings (SSSR count). The van der Waals surface area contributed by atoms with Crippen molar-refractivity contribution in [2.45, 2.75) is 35.8 Å². The fraction of sp³-hybridized carbons (Fsp3) is 0.406. The summed E-state index contributed by atoms with van der Waals surface area (Å²) in [7, 11) is 0. The van der Waals surface area contributed by atoms with Crippen LogP contribution in [0.2, 0.25) is 0 Å². The van der Waals surface area contributed by atoms with E-state index in [0.29, 0.717) is 37.0 Å². The molecule has 1 saturated heterocycles. The van der Waals surface area contributed by atoms with Crippen molar-refractivity contribution in [3.63, 3.8) is 0 Å². The lowest BCUT2D eigenvalue weighted by Crippen LogP contribution is -2.60. The number of aromatic nitrogens is 1. The number of alkyl halides is 3. The Labute approximate surface area is 273 Å². The SMILES string of the molecule is C[C@@H](N1CN([C@H]2c3ccccc3CSc3ccccc32)n2ccc(=O)c(OCOC(=O)NCCN3CCOCC3)c2C1=O)C(F)(F)F. The van der Waals surface area contributed by atoms with Gasteiger partial charge in [-0.3, -0.25) is 24.2 Å². The lowest BCUT2D eigenvalue weighted by atomic mass is 9.94. The Bertz CT molecular complexity index is 1630. The van der Waals surface area contributed by atoms with E-state index in [1.807, 2.05) is 48.5 Å². The van der Waals surface area contributed by atoms with Crippen molar-refractivity contribution in [3.8, 4) is 5.75 Å². The number of amides is 2. The Hall–Kier alpha value is -4.21. The summed E-state index contributed by atoms with van der Waals surface area (Å²) in [6.45, 7) is 3.32. The van der Waals surface area contributed by atoms with Crippen LogP contribution >= 0.6 is 11.8 Å². The molecular formula is C32H34F3N5O6S. The number of nitrogens with zero attached hydrogens (tertiary/aromatic N) is 4. The van der Waals surface area contributed by atoms with E-state index in [9.17, 15) is 27.6 Å². The quantitative estimate of drug-likeness (QED) is 0.356. The average molecular weight is 674 g/mol. The molecule has 1 aromatic heterocycles. The van der Waals surface area contributed by atoms with Crippen molar-refractivity contribution < 1.29 is 37.0 Å². The number of morpholine rings is 1. The summed E-state index contributed by atoms with van der Waals surface area (Å²) in [4.78, 5) is 43.1. The maximum atomic E-state index is 14.2. The van der Waals surface area contributed by atoms with Crippen molar-refractivity contribution in [1.82, 2.24) is 19.8 Å². The number of carbonyl (C=O) groups excluding carboxylic acids is 2. The highest BCUT2D eigenvalue weighted by Crippen LogP contribution is 2.43. The first-order chi connectivity index (χ1) is 22.6. The van der Waals surface area contributed by atoms with Crippen molar-refractivity contribution >= 4 is 23.8 Å². The third-order valence-corrected chi connectivity index (χ3v) is 9.59. The standard InChI is InChI=1S/C32H34F3N5O6S/c1-21(32(33,34)35)38-19-40(27-23-7-3-2-6-22(23)18-47-26-9-5-4-8-24(26)27)39-12-10-25(41)29(28(39)30(38)42)45-20-46-31(43)36-11-13-37-14-16-44-17-15-37/h2-10,12,21,27H,11,13-20H2,1H3,(H,36,43)/t21-,27+/m1/s1. The molecule has 15 heteroatoms. The minimum Gasteiger partial charge on any atom is -0.451 e. The van der Waals surface area contributed by atoms with Gasteiger partial charge in [-0.05, 0) is 29.7 Å². The zero-order valence-electron chi connectivity index (χ0n) is 25.6. The van der Waals surface area contributed by atoms with Crippen LogP contribution in [-0.4, -0.2) is 91.5 Å². The second-order valence-electron chi connectivity index (χ2n) is 11.3. The predicted molar refractivity (Wildman–Crippen MR) is 167 cm³/mol. The zero-order valence-corrected chi connectivity index (χ0v) is 26.4. The van der Waals surface area contributed by atoms with Gasteiger partial charge in [0.25, 0.3) is 5.91 Å². The van der Waals surface area contributed by atoms with Gasteiger partial charge < -0.3 is 24.4 Å². The molecule has 3 aliphatic heterocycles. The van der Waals surface area contributed by atoms with Crippen LogP contribution in [0.3, 0.4) is 0 Å². The first kappa shape index (κ1) is 32.7. The normalized spacial score (nSPS) is 18.8. The molecule has 0 radical (unpaired) electrons. The first-order valence-corrected chi connectivity index (χ1v) is 16.2. The Balaban J connectivity index is 1.33. The van der Waals surface area contributed by atoms with Gasteiger partial charge in [0.05, 0.1) is 19.3 Å². The molecule has 4 heterocycles. The zero-order chi connectivity index (χ0) is 33.1. The number of halogens is 3. The third-order valence-electron chi connectivity index (χ3n) is 8.45. The molecule has 0 unspecified atom stereocenters. The van der Waals surface area contributed by atoms with Crippen LogP contribution in [0.15, 0.2) is 70.5 Å². The van der Waals surface area contributed by atoms with Gasteiger partial charge in [-0.15, -0.1) is 11.8 Å². The van der Waals surface area contributed by atoms with E-state index in [1.165, 1.54) is 16.9 Å². The summed E-state index contributed by atoms with van der Waals surface area (Å²) in [5, 5.41) is 4.23.